The van der Waals surface area contributed by atoms with Crippen molar-refractivity contribution >= 4 is 46.0 Å². The van der Waals surface area contributed by atoms with Crippen molar-refractivity contribution in [2.45, 2.75) is 31.8 Å². The van der Waals surface area contributed by atoms with Gasteiger partial charge in [0, 0.05) is 31.0 Å². The monoisotopic (exact) mass is 573 g/mol. The fourth-order valence-electron chi connectivity index (χ4n) is 5.57. The molecule has 204 valence electrons. The maximum Gasteiger partial charge on any atom is 0.280 e. The molecule has 2 aromatic carbocycles. The number of nitrogens with zero attached hydrogens (tertiary/aromatic N) is 4. The third-order valence-corrected chi connectivity index (χ3v) is 8.33. The molecule has 0 aliphatic carbocycles. The van der Waals surface area contributed by atoms with Gasteiger partial charge in [0.25, 0.3) is 5.69 Å². The van der Waals surface area contributed by atoms with E-state index >= 15 is 0 Å². The first-order valence-electron chi connectivity index (χ1n) is 13.3. The van der Waals surface area contributed by atoms with E-state index in [-0.39, 0.29) is 11.7 Å². The van der Waals surface area contributed by atoms with E-state index in [2.05, 4.69) is 28.2 Å². The van der Waals surface area contributed by atoms with E-state index in [1.165, 1.54) is 6.07 Å². The normalized spacial score (nSPS) is 19.6. The van der Waals surface area contributed by atoms with E-state index < -0.39 is 11.0 Å². The molecule has 2 aliphatic heterocycles. The first-order valence-corrected chi connectivity index (χ1v) is 14.1. The van der Waals surface area contributed by atoms with Crippen molar-refractivity contribution in [2.24, 2.45) is 5.92 Å². The number of furan rings is 1. The number of nitro benzene ring substituents is 1. The number of hydrogen-bond acceptors (Lipinski definition) is 6. The van der Waals surface area contributed by atoms with Gasteiger partial charge in [-0.3, -0.25) is 15.1 Å². The molecule has 0 saturated carbocycles. The van der Waals surface area contributed by atoms with Crippen LogP contribution in [0.1, 0.15) is 43.3 Å². The van der Waals surface area contributed by atoms with Gasteiger partial charge in [0.1, 0.15) is 17.6 Å². The fourth-order valence-corrected chi connectivity index (χ4v) is 6.21. The summed E-state index contributed by atoms with van der Waals surface area (Å²) in [6.07, 6.45) is 4.03. The van der Waals surface area contributed by atoms with E-state index in [1.54, 1.807) is 30.5 Å². The first-order chi connectivity index (χ1) is 19.4. The molecule has 6 rings (SSSR count). The van der Waals surface area contributed by atoms with E-state index in [0.717, 1.165) is 48.9 Å². The van der Waals surface area contributed by atoms with Gasteiger partial charge in [0.15, 0.2) is 5.11 Å². The van der Waals surface area contributed by atoms with Crippen LogP contribution in [0.5, 0.6) is 0 Å². The van der Waals surface area contributed by atoms with Crippen molar-refractivity contribution in [1.29, 1.82) is 0 Å². The molecule has 0 bridgehead atoms. The number of thiocarbonyl (C=S) groups is 1. The largest absolute Gasteiger partial charge is 0.459 e. The lowest BCUT2D eigenvalue weighted by atomic mass is 9.98. The summed E-state index contributed by atoms with van der Waals surface area (Å²) in [6.45, 7) is 4.25. The second-order valence-electron chi connectivity index (χ2n) is 10.3. The molecule has 2 atom stereocenters. The Morgan fingerprint density at radius 1 is 1.07 bits per heavy atom. The summed E-state index contributed by atoms with van der Waals surface area (Å²) in [7, 11) is 0. The Balaban J connectivity index is 1.40. The SMILES string of the molecule is CC1CCN(c2ccc(N3C(=S)NC(c4ccccn4)C3c3ccc(-c4ccccc4[N+](=O)[O-])o3)cc2Cl)CC1. The van der Waals surface area contributed by atoms with Crippen LogP contribution < -0.4 is 15.1 Å². The Hall–Kier alpha value is -3.95. The fraction of sp³-hybridized carbons (Fsp3) is 0.267. The number of nitro groups is 1. The molecular formula is C30H28ClN5O3S. The van der Waals surface area contributed by atoms with Crippen LogP contribution in [-0.4, -0.2) is 28.1 Å². The van der Waals surface area contributed by atoms with Crippen LogP contribution in [0.4, 0.5) is 17.1 Å². The summed E-state index contributed by atoms with van der Waals surface area (Å²) in [5.74, 6) is 1.73. The van der Waals surface area contributed by atoms with Crippen LogP contribution in [0.15, 0.2) is 83.4 Å². The second kappa shape index (κ2) is 10.9. The van der Waals surface area contributed by atoms with Gasteiger partial charge in [-0.25, -0.2) is 0 Å². The minimum absolute atomic E-state index is 0.0175. The Morgan fingerprint density at radius 3 is 2.58 bits per heavy atom. The summed E-state index contributed by atoms with van der Waals surface area (Å²) in [6, 6.07) is 21.2. The Kier molecular flexibility index (Phi) is 7.16. The van der Waals surface area contributed by atoms with Gasteiger partial charge in [-0.2, -0.15) is 0 Å². The second-order valence-corrected chi connectivity index (χ2v) is 11.1. The molecular weight excluding hydrogens is 546 g/mol. The van der Waals surface area contributed by atoms with Crippen LogP contribution in [-0.2, 0) is 0 Å². The number of rotatable bonds is 6. The van der Waals surface area contributed by atoms with Crippen molar-refractivity contribution in [3.05, 3.63) is 106 Å². The molecule has 2 unspecified atom stereocenters. The van der Waals surface area contributed by atoms with Crippen molar-refractivity contribution in [1.82, 2.24) is 10.3 Å². The summed E-state index contributed by atoms with van der Waals surface area (Å²) < 4.78 is 6.34. The zero-order valence-electron chi connectivity index (χ0n) is 21.9. The predicted molar refractivity (Wildman–Crippen MR) is 161 cm³/mol. The molecule has 2 saturated heterocycles. The molecule has 4 heterocycles. The van der Waals surface area contributed by atoms with Crippen molar-refractivity contribution in [2.75, 3.05) is 22.9 Å². The third kappa shape index (κ3) is 4.91. The minimum Gasteiger partial charge on any atom is -0.459 e. The van der Waals surface area contributed by atoms with E-state index in [1.807, 2.05) is 41.3 Å². The highest BCUT2D eigenvalue weighted by atomic mass is 35.5. The van der Waals surface area contributed by atoms with Crippen molar-refractivity contribution < 1.29 is 9.34 Å². The minimum atomic E-state index is -0.406. The van der Waals surface area contributed by atoms with Crippen LogP contribution in [0.25, 0.3) is 11.3 Å². The molecule has 0 spiro atoms. The topological polar surface area (TPSA) is 87.7 Å². The Labute approximate surface area is 242 Å². The number of anilines is 2. The third-order valence-electron chi connectivity index (χ3n) is 7.72. The number of pyridine rings is 1. The van der Waals surface area contributed by atoms with Gasteiger partial charge >= 0.3 is 0 Å². The van der Waals surface area contributed by atoms with Gasteiger partial charge in [-0.05, 0) is 79.5 Å². The molecule has 2 aromatic heterocycles. The summed E-state index contributed by atoms with van der Waals surface area (Å²) in [5, 5.41) is 16.3. The number of piperidine rings is 1. The average molecular weight is 574 g/mol. The first kappa shape index (κ1) is 26.3. The highest BCUT2D eigenvalue weighted by Crippen LogP contribution is 2.45. The smallest absolute Gasteiger partial charge is 0.280 e. The van der Waals surface area contributed by atoms with Crippen LogP contribution >= 0.6 is 23.8 Å². The molecule has 0 amide bonds. The highest BCUT2D eigenvalue weighted by molar-refractivity contribution is 7.80. The molecule has 2 aliphatic rings. The molecule has 10 heteroatoms. The Bertz CT molecular complexity index is 1550. The quantitative estimate of drug-likeness (QED) is 0.146. The van der Waals surface area contributed by atoms with Crippen molar-refractivity contribution in [3.63, 3.8) is 0 Å². The van der Waals surface area contributed by atoms with Gasteiger partial charge in [-0.1, -0.05) is 36.7 Å². The number of aromatic nitrogens is 1. The Morgan fingerprint density at radius 2 is 1.85 bits per heavy atom. The molecule has 2 fully saturated rings. The van der Waals surface area contributed by atoms with Crippen LogP contribution in [0.3, 0.4) is 0 Å². The van der Waals surface area contributed by atoms with Crippen LogP contribution in [0.2, 0.25) is 5.02 Å². The molecule has 8 nitrogen and oxygen atoms in total. The zero-order valence-corrected chi connectivity index (χ0v) is 23.4. The molecule has 4 aromatic rings. The number of benzene rings is 2. The summed E-state index contributed by atoms with van der Waals surface area (Å²) in [5.41, 5.74) is 3.03. The number of halogens is 1. The lowest BCUT2D eigenvalue weighted by molar-refractivity contribution is -0.384. The van der Waals surface area contributed by atoms with E-state index in [0.29, 0.717) is 27.2 Å². The van der Waals surface area contributed by atoms with Gasteiger partial charge in [0.05, 0.1) is 32.9 Å². The van der Waals surface area contributed by atoms with Gasteiger partial charge in [-0.15, -0.1) is 0 Å². The molecule has 40 heavy (non-hydrogen) atoms. The van der Waals surface area contributed by atoms with E-state index in [4.69, 9.17) is 28.2 Å². The number of nitrogens with one attached hydrogen (secondary N) is 1. The number of para-hydroxylation sites is 1. The number of hydrogen-bond donors (Lipinski definition) is 1. The maximum absolute atomic E-state index is 11.7. The molecule has 1 N–H and O–H groups in total. The van der Waals surface area contributed by atoms with Crippen LogP contribution in [0, 0.1) is 16.0 Å². The average Bonchev–Trinajstić information content (AvgIpc) is 3.58. The summed E-state index contributed by atoms with van der Waals surface area (Å²) in [4.78, 5) is 20.2. The summed E-state index contributed by atoms with van der Waals surface area (Å²) >= 11 is 12.7. The van der Waals surface area contributed by atoms with E-state index in [9.17, 15) is 10.1 Å². The highest BCUT2D eigenvalue weighted by Gasteiger charge is 2.43. The van der Waals surface area contributed by atoms with Gasteiger partial charge in [0.2, 0.25) is 0 Å². The predicted octanol–water partition coefficient (Wildman–Crippen LogP) is 7.32. The van der Waals surface area contributed by atoms with Crippen molar-refractivity contribution in [3.8, 4) is 11.3 Å². The standard InChI is InChI=1S/C30H28ClN5O3S/c1-19-13-16-34(17-14-19)25-10-9-20(18-22(25)31)35-29(28(33-30(35)40)23-7-4-5-15-32-23)27-12-11-26(39-27)21-6-2-3-8-24(21)36(37)38/h2-12,15,18-19,28-29H,13-14,16-17H2,1H3,(H,33,40). The zero-order chi connectivity index (χ0) is 27.8. The lowest BCUT2D eigenvalue weighted by Gasteiger charge is -2.33. The lowest BCUT2D eigenvalue weighted by Crippen LogP contribution is -2.33. The molecule has 0 radical (unpaired) electrons. The van der Waals surface area contributed by atoms with Gasteiger partial charge < -0.3 is 19.5 Å². The maximum atomic E-state index is 11.7.